The van der Waals surface area contributed by atoms with Crippen molar-refractivity contribution < 1.29 is 9.59 Å². The van der Waals surface area contributed by atoms with Crippen LogP contribution in [0.5, 0.6) is 0 Å². The highest BCUT2D eigenvalue weighted by atomic mass is 79.9. The molecule has 0 unspecified atom stereocenters. The molecule has 0 fully saturated rings. The van der Waals surface area contributed by atoms with E-state index in [1.807, 2.05) is 18.2 Å². The minimum Gasteiger partial charge on any atom is -0.269 e. The van der Waals surface area contributed by atoms with Gasteiger partial charge in [-0.3, -0.25) is 9.59 Å². The van der Waals surface area contributed by atoms with Crippen LogP contribution >= 0.6 is 15.9 Å². The van der Waals surface area contributed by atoms with E-state index in [0.29, 0.717) is 4.48 Å². The Balaban J connectivity index is 2.66. The number of hydrogen-bond donors (Lipinski definition) is 0. The van der Waals surface area contributed by atoms with Gasteiger partial charge in [0.1, 0.15) is 0 Å². The number of para-hydroxylation sites is 1. The second-order valence-electron chi connectivity index (χ2n) is 5.57. The van der Waals surface area contributed by atoms with Gasteiger partial charge in [-0.25, -0.2) is 4.90 Å². The van der Waals surface area contributed by atoms with Gasteiger partial charge in [0.2, 0.25) is 0 Å². The summed E-state index contributed by atoms with van der Waals surface area (Å²) < 4.78 is 0.316. The van der Waals surface area contributed by atoms with Crippen LogP contribution in [-0.4, -0.2) is 11.8 Å². The topological polar surface area (TPSA) is 37.4 Å². The number of anilines is 1. The summed E-state index contributed by atoms with van der Waals surface area (Å²) in [6.07, 6.45) is 1.34. The van der Waals surface area contributed by atoms with Gasteiger partial charge in [-0.15, -0.1) is 0 Å². The second kappa shape index (κ2) is 5.52. The zero-order valence-electron chi connectivity index (χ0n) is 12.1. The van der Waals surface area contributed by atoms with E-state index >= 15 is 0 Å². The number of amides is 2. The van der Waals surface area contributed by atoms with Crippen LogP contribution in [0.2, 0.25) is 0 Å². The molecule has 4 heteroatoms. The number of carbonyl (C=O) groups is 2. The summed E-state index contributed by atoms with van der Waals surface area (Å²) in [6, 6.07) is 5.96. The number of benzene rings is 1. The highest BCUT2D eigenvalue weighted by Crippen LogP contribution is 2.38. The van der Waals surface area contributed by atoms with Crippen molar-refractivity contribution in [3.05, 3.63) is 39.9 Å². The maximum absolute atomic E-state index is 12.3. The van der Waals surface area contributed by atoms with Gasteiger partial charge in [0.15, 0.2) is 0 Å². The molecule has 106 valence electrons. The van der Waals surface area contributed by atoms with Crippen LogP contribution in [0.25, 0.3) is 0 Å². The summed E-state index contributed by atoms with van der Waals surface area (Å²) in [5, 5.41) is 0. The molecule has 0 radical (unpaired) electrons. The highest BCUT2D eigenvalue weighted by Gasteiger charge is 2.34. The highest BCUT2D eigenvalue weighted by molar-refractivity contribution is 9.12. The van der Waals surface area contributed by atoms with Gasteiger partial charge < -0.3 is 0 Å². The molecule has 0 saturated carbocycles. The zero-order valence-corrected chi connectivity index (χ0v) is 13.7. The molecule has 2 rings (SSSR count). The van der Waals surface area contributed by atoms with Crippen molar-refractivity contribution in [2.24, 2.45) is 0 Å². The quantitative estimate of drug-likeness (QED) is 0.780. The molecule has 0 atom stereocenters. The Morgan fingerprint density at radius 1 is 1.00 bits per heavy atom. The largest absolute Gasteiger partial charge is 0.272 e. The number of nitrogens with zero attached hydrogens (tertiary/aromatic N) is 1. The van der Waals surface area contributed by atoms with E-state index in [0.717, 1.165) is 16.8 Å². The Hall–Kier alpha value is -1.42. The van der Waals surface area contributed by atoms with E-state index in [9.17, 15) is 9.59 Å². The molecule has 2 amide bonds. The lowest BCUT2D eigenvalue weighted by Crippen LogP contribution is -2.32. The molecule has 1 aliphatic heterocycles. The third-order valence-corrected chi connectivity index (χ3v) is 4.01. The van der Waals surface area contributed by atoms with Crippen LogP contribution in [0.4, 0.5) is 5.69 Å². The summed E-state index contributed by atoms with van der Waals surface area (Å²) in [5.74, 6) is -0.0887. The number of carbonyl (C=O) groups excluding carboxylic acids is 2. The van der Waals surface area contributed by atoms with E-state index in [2.05, 4.69) is 43.6 Å². The predicted octanol–water partition coefficient (Wildman–Crippen LogP) is 4.09. The van der Waals surface area contributed by atoms with Gasteiger partial charge in [0, 0.05) is 6.08 Å². The average molecular weight is 336 g/mol. The Labute approximate surface area is 127 Å². The van der Waals surface area contributed by atoms with Gasteiger partial charge in [0.25, 0.3) is 11.8 Å². The Morgan fingerprint density at radius 3 is 1.85 bits per heavy atom. The minimum atomic E-state index is -0.287. The molecule has 20 heavy (non-hydrogen) atoms. The lowest BCUT2D eigenvalue weighted by molar-refractivity contribution is -0.120. The molecule has 1 aliphatic rings. The van der Waals surface area contributed by atoms with Crippen LogP contribution in [0.1, 0.15) is 50.7 Å². The third kappa shape index (κ3) is 2.44. The number of rotatable bonds is 3. The average Bonchev–Trinajstić information content (AvgIpc) is 2.62. The van der Waals surface area contributed by atoms with Gasteiger partial charge in [-0.2, -0.15) is 0 Å². The summed E-state index contributed by atoms with van der Waals surface area (Å²) >= 11 is 3.15. The van der Waals surface area contributed by atoms with Gasteiger partial charge >= 0.3 is 0 Å². The molecule has 0 aliphatic carbocycles. The van der Waals surface area contributed by atoms with Crippen molar-refractivity contribution in [1.29, 1.82) is 0 Å². The normalized spacial score (nSPS) is 15.6. The number of hydrogen-bond acceptors (Lipinski definition) is 2. The SMILES string of the molecule is CC(C)c1cccc(C(C)C)c1N1C(=O)C=C(Br)C1=O. The summed E-state index contributed by atoms with van der Waals surface area (Å²) in [7, 11) is 0. The van der Waals surface area contributed by atoms with Gasteiger partial charge in [0.05, 0.1) is 10.2 Å². The molecule has 1 aromatic carbocycles. The Kier molecular flexibility index (Phi) is 4.14. The van der Waals surface area contributed by atoms with E-state index < -0.39 is 0 Å². The minimum absolute atomic E-state index is 0.240. The summed E-state index contributed by atoms with van der Waals surface area (Å²) in [4.78, 5) is 25.7. The first-order chi connectivity index (χ1) is 9.34. The van der Waals surface area contributed by atoms with E-state index in [1.54, 1.807) is 0 Å². The van der Waals surface area contributed by atoms with Crippen LogP contribution in [0, 0.1) is 0 Å². The van der Waals surface area contributed by atoms with Crippen molar-refractivity contribution >= 4 is 33.4 Å². The predicted molar refractivity (Wildman–Crippen MR) is 84.1 cm³/mol. The van der Waals surface area contributed by atoms with Crippen molar-refractivity contribution in [3.63, 3.8) is 0 Å². The maximum atomic E-state index is 12.3. The second-order valence-corrected chi connectivity index (χ2v) is 6.42. The fourth-order valence-electron chi connectivity index (χ4n) is 2.42. The van der Waals surface area contributed by atoms with Crippen LogP contribution in [-0.2, 0) is 9.59 Å². The zero-order chi connectivity index (χ0) is 15.0. The lowest BCUT2D eigenvalue weighted by atomic mass is 9.92. The number of halogens is 1. The molecule has 0 bridgehead atoms. The van der Waals surface area contributed by atoms with Crippen molar-refractivity contribution in [3.8, 4) is 0 Å². The van der Waals surface area contributed by atoms with Crippen molar-refractivity contribution in [1.82, 2.24) is 0 Å². The first-order valence-electron chi connectivity index (χ1n) is 6.73. The Bertz CT molecular complexity index is 576. The monoisotopic (exact) mass is 335 g/mol. The summed E-state index contributed by atoms with van der Waals surface area (Å²) in [6.45, 7) is 8.26. The molecule has 0 saturated heterocycles. The molecular formula is C16H18BrNO2. The van der Waals surface area contributed by atoms with Crippen molar-refractivity contribution in [2.45, 2.75) is 39.5 Å². The Morgan fingerprint density at radius 2 is 1.50 bits per heavy atom. The maximum Gasteiger partial charge on any atom is 0.272 e. The molecule has 1 heterocycles. The van der Waals surface area contributed by atoms with Gasteiger partial charge in [-0.05, 0) is 38.9 Å². The van der Waals surface area contributed by atoms with Gasteiger partial charge in [-0.1, -0.05) is 45.9 Å². The first-order valence-corrected chi connectivity index (χ1v) is 7.52. The summed E-state index contributed by atoms with van der Waals surface area (Å²) in [5.41, 5.74) is 2.79. The number of imide groups is 1. The lowest BCUT2D eigenvalue weighted by Gasteiger charge is -2.25. The first kappa shape index (κ1) is 15.0. The fourth-order valence-corrected chi connectivity index (χ4v) is 2.80. The molecule has 3 nitrogen and oxygen atoms in total. The molecule has 0 aromatic heterocycles. The smallest absolute Gasteiger partial charge is 0.269 e. The molecular weight excluding hydrogens is 318 g/mol. The molecule has 0 spiro atoms. The fraction of sp³-hybridized carbons (Fsp3) is 0.375. The molecule has 1 aromatic rings. The van der Waals surface area contributed by atoms with E-state index in [4.69, 9.17) is 0 Å². The third-order valence-electron chi connectivity index (χ3n) is 3.44. The van der Waals surface area contributed by atoms with Crippen molar-refractivity contribution in [2.75, 3.05) is 4.90 Å². The van der Waals surface area contributed by atoms with E-state index in [1.165, 1.54) is 11.0 Å². The van der Waals surface area contributed by atoms with Crippen LogP contribution in [0.15, 0.2) is 28.8 Å². The standard InChI is InChI=1S/C16H18BrNO2/c1-9(2)11-6-5-7-12(10(3)4)15(11)18-14(19)8-13(17)16(18)20/h5-10H,1-4H3. The molecule has 0 N–H and O–H groups in total. The van der Waals surface area contributed by atoms with E-state index in [-0.39, 0.29) is 23.7 Å². The van der Waals surface area contributed by atoms with Crippen LogP contribution in [0.3, 0.4) is 0 Å². The van der Waals surface area contributed by atoms with Crippen LogP contribution < -0.4 is 4.90 Å².